The molecule has 6 heavy (non-hydrogen) atoms. The predicted octanol–water partition coefficient (Wildman–Crippen LogP) is -0.104. The van der Waals surface area contributed by atoms with E-state index in [1.165, 1.54) is 0 Å². The predicted molar refractivity (Wildman–Crippen MR) is 22.2 cm³/mol. The molecule has 0 radical (unpaired) electrons. The average molecular weight is 86.1 g/mol. The van der Waals surface area contributed by atoms with E-state index in [0.29, 0.717) is 13.0 Å². The molecule has 1 aliphatic heterocycles. The van der Waals surface area contributed by atoms with E-state index in [0.717, 1.165) is 11.7 Å². The van der Waals surface area contributed by atoms with Crippen LogP contribution >= 0.6 is 0 Å². The Kier molecular flexibility index (Phi) is 0.560. The van der Waals surface area contributed by atoms with Crippen molar-refractivity contribution >= 4 is 5.91 Å². The summed E-state index contributed by atoms with van der Waals surface area (Å²) in [5, 5.41) is 1.01. The third-order valence-electron chi connectivity index (χ3n) is 0.837. The topological polar surface area (TPSA) is 29.1 Å². The fourth-order valence-corrected chi connectivity index (χ4v) is 0.513. The van der Waals surface area contributed by atoms with Crippen LogP contribution in [0.2, 0.25) is 1.41 Å². The minimum absolute atomic E-state index is 0.0417. The summed E-state index contributed by atoms with van der Waals surface area (Å²) in [6.07, 6.45) is 1.44. The minimum Gasteiger partial charge on any atom is -0.356 e. The molecular formula is C4H7NO. The number of carbonyl (C=O) groups is 1. The third-order valence-corrected chi connectivity index (χ3v) is 0.837. The lowest BCUT2D eigenvalue weighted by Crippen LogP contribution is -2.12. The van der Waals surface area contributed by atoms with E-state index in [-0.39, 0.29) is 5.91 Å². The Morgan fingerprint density at radius 3 is 3.00 bits per heavy atom. The van der Waals surface area contributed by atoms with Crippen LogP contribution in [0, 0.1) is 0 Å². The second-order valence-electron chi connectivity index (χ2n) is 1.38. The monoisotopic (exact) mass is 86.1 g/mol. The van der Waals surface area contributed by atoms with Crippen molar-refractivity contribution in [2.24, 2.45) is 0 Å². The van der Waals surface area contributed by atoms with E-state index in [4.69, 9.17) is 1.41 Å². The molecule has 0 saturated carbocycles. The van der Waals surface area contributed by atoms with Gasteiger partial charge in [0.15, 0.2) is 1.41 Å². The number of carbonyl (C=O) groups excluding carboxylic acids is 1. The van der Waals surface area contributed by atoms with E-state index in [9.17, 15) is 4.79 Å². The first-order valence-corrected chi connectivity index (χ1v) is 2.10. The van der Waals surface area contributed by atoms with Crippen molar-refractivity contribution < 1.29 is 6.21 Å². The minimum atomic E-state index is -0.0417. The number of hydrogen-bond acceptors (Lipinski definition) is 1. The van der Waals surface area contributed by atoms with Crippen LogP contribution in [0.4, 0.5) is 0 Å². The summed E-state index contributed by atoms with van der Waals surface area (Å²) in [4.78, 5) is 10.3. The first kappa shape index (κ1) is 2.61. The Bertz CT molecular complexity index is 93.7. The highest BCUT2D eigenvalue weighted by Gasteiger charge is 2.05. The number of rotatable bonds is 0. The third kappa shape index (κ3) is 0.506. The van der Waals surface area contributed by atoms with E-state index in [2.05, 4.69) is 0 Å². The molecule has 1 rings (SSSR count). The zero-order valence-corrected chi connectivity index (χ0v) is 3.48. The second kappa shape index (κ2) is 1.29. The number of amides is 1. The van der Waals surface area contributed by atoms with E-state index in [1.54, 1.807) is 0 Å². The van der Waals surface area contributed by atoms with Crippen molar-refractivity contribution in [2.75, 3.05) is 6.54 Å². The van der Waals surface area contributed by atoms with Gasteiger partial charge in [-0.2, -0.15) is 0 Å². The zero-order valence-electron chi connectivity index (χ0n) is 4.48. The molecule has 1 aliphatic rings. The number of nitrogens with one attached hydrogen (secondary N) is 1. The van der Waals surface area contributed by atoms with E-state index >= 15 is 0 Å². The molecule has 2 heteroatoms. The van der Waals surface area contributed by atoms with Crippen molar-refractivity contribution in [1.82, 2.24) is 5.31 Å². The Morgan fingerprint density at radius 1 is 2.00 bits per heavy atom. The van der Waals surface area contributed by atoms with Crippen molar-refractivity contribution in [3.63, 3.8) is 0 Å². The number of hydrogen-bond donors (Lipinski definition) is 1. The lowest BCUT2D eigenvalue weighted by atomic mass is 10.4. The van der Waals surface area contributed by atoms with Crippen LogP contribution in [0.3, 0.4) is 0 Å². The van der Waals surface area contributed by atoms with Gasteiger partial charge >= 0.3 is 0 Å². The molecule has 0 bridgehead atoms. The summed E-state index contributed by atoms with van der Waals surface area (Å²) < 4.78 is 6.82. The summed E-state index contributed by atoms with van der Waals surface area (Å²) in [5.74, 6) is -0.0417. The summed E-state index contributed by atoms with van der Waals surface area (Å²) in [6.45, 7) is 0.624. The highest BCUT2D eigenvalue weighted by Crippen LogP contribution is 1.93. The molecule has 1 fully saturated rings. The molecule has 0 aromatic heterocycles. The van der Waals surface area contributed by atoms with Crippen LogP contribution in [0.5, 0.6) is 0 Å². The smallest absolute Gasteiger partial charge is 0.220 e. The van der Waals surface area contributed by atoms with Crippen LogP contribution in [-0.4, -0.2) is 12.5 Å². The van der Waals surface area contributed by atoms with Gasteiger partial charge in [0, 0.05) is 13.0 Å². The molecule has 0 spiro atoms. The molecule has 0 aliphatic carbocycles. The quantitative estimate of drug-likeness (QED) is 0.438. The summed E-state index contributed by atoms with van der Waals surface area (Å²) in [7, 11) is 0. The molecular weight excluding hydrogens is 78.0 g/mol. The van der Waals surface area contributed by atoms with Gasteiger partial charge in [-0.3, -0.25) is 4.79 Å². The molecule has 0 aromatic carbocycles. The molecule has 0 atom stereocenters. The SMILES string of the molecule is [2H]N1CCCC1=O. The van der Waals surface area contributed by atoms with Gasteiger partial charge in [-0.05, 0) is 6.42 Å². The molecule has 34 valence electrons. The Hall–Kier alpha value is -0.530. The lowest BCUT2D eigenvalue weighted by Gasteiger charge is -1.80. The fraction of sp³-hybridized carbons (Fsp3) is 0.750. The van der Waals surface area contributed by atoms with Gasteiger partial charge in [0.2, 0.25) is 5.91 Å². The van der Waals surface area contributed by atoms with Crippen LogP contribution in [0.15, 0.2) is 0 Å². The maximum atomic E-state index is 10.3. The van der Waals surface area contributed by atoms with Crippen molar-refractivity contribution in [2.45, 2.75) is 12.8 Å². The van der Waals surface area contributed by atoms with Crippen molar-refractivity contribution in [1.29, 1.82) is 0 Å². The maximum Gasteiger partial charge on any atom is 0.220 e. The summed E-state index contributed by atoms with van der Waals surface area (Å²) >= 11 is 0. The van der Waals surface area contributed by atoms with E-state index in [1.807, 2.05) is 0 Å². The van der Waals surface area contributed by atoms with Gasteiger partial charge in [0.25, 0.3) is 0 Å². The average Bonchev–Trinajstić information content (AvgIpc) is 1.91. The fourth-order valence-electron chi connectivity index (χ4n) is 0.513. The van der Waals surface area contributed by atoms with Crippen molar-refractivity contribution in [3.8, 4) is 0 Å². The summed E-state index contributed by atoms with van der Waals surface area (Å²) in [5.41, 5.74) is 0. The zero-order chi connectivity index (χ0) is 5.28. The summed E-state index contributed by atoms with van der Waals surface area (Å²) in [6, 6.07) is 0. The van der Waals surface area contributed by atoms with Gasteiger partial charge in [0.1, 0.15) is 0 Å². The van der Waals surface area contributed by atoms with Crippen LogP contribution < -0.4 is 5.31 Å². The van der Waals surface area contributed by atoms with Crippen LogP contribution in [-0.2, 0) is 4.79 Å². The normalized spacial score (nSPS) is 25.0. The largest absolute Gasteiger partial charge is 0.356 e. The second-order valence-corrected chi connectivity index (χ2v) is 1.38. The first-order chi connectivity index (χ1) is 3.30. The molecule has 1 heterocycles. The Labute approximate surface area is 38.0 Å². The molecule has 2 nitrogen and oxygen atoms in total. The molecule has 1 amide bonds. The maximum absolute atomic E-state index is 10.3. The van der Waals surface area contributed by atoms with Gasteiger partial charge < -0.3 is 5.31 Å². The van der Waals surface area contributed by atoms with Gasteiger partial charge in [-0.25, -0.2) is 0 Å². The van der Waals surface area contributed by atoms with Crippen molar-refractivity contribution in [3.05, 3.63) is 0 Å². The molecule has 1 N–H and O–H groups in total. The van der Waals surface area contributed by atoms with Gasteiger partial charge in [0.05, 0.1) is 0 Å². The van der Waals surface area contributed by atoms with Gasteiger partial charge in [-0.1, -0.05) is 0 Å². The van der Waals surface area contributed by atoms with Gasteiger partial charge in [-0.15, -0.1) is 0 Å². The van der Waals surface area contributed by atoms with Crippen LogP contribution in [0.25, 0.3) is 0 Å². The molecule has 0 aromatic rings. The lowest BCUT2D eigenvalue weighted by molar-refractivity contribution is -0.119. The Morgan fingerprint density at radius 2 is 2.83 bits per heavy atom. The molecule has 1 saturated heterocycles. The van der Waals surface area contributed by atoms with E-state index < -0.39 is 0 Å². The van der Waals surface area contributed by atoms with Crippen LogP contribution in [0.1, 0.15) is 12.8 Å². The highest BCUT2D eigenvalue weighted by atomic mass is 16.1. The highest BCUT2D eigenvalue weighted by molar-refractivity contribution is 5.77. The first-order valence-electron chi connectivity index (χ1n) is 2.54. The molecule has 0 unspecified atom stereocenters. The Balaban J connectivity index is 2.48. The standard InChI is InChI=1S/C4H7NO/c6-4-2-1-3-5-4/h1-3H2,(H,5,6)/i/hD.